The average Bonchev–Trinajstić information content (AvgIpc) is 2.60. The molecule has 1 aliphatic heterocycles. The lowest BCUT2D eigenvalue weighted by molar-refractivity contribution is 0.0375. The topological polar surface area (TPSA) is 82.7 Å². The van der Waals surface area contributed by atoms with Crippen molar-refractivity contribution in [2.75, 3.05) is 51.3 Å². The fourth-order valence-corrected chi connectivity index (χ4v) is 2.47. The Morgan fingerprint density at radius 1 is 1.12 bits per heavy atom. The van der Waals surface area contributed by atoms with Crippen molar-refractivity contribution in [1.82, 2.24) is 15.5 Å². The molecule has 1 saturated heterocycles. The van der Waals surface area contributed by atoms with E-state index in [1.807, 2.05) is 6.92 Å². The minimum atomic E-state index is -0.234. The normalized spacial score (nSPS) is 14.9. The molecule has 0 aliphatic carbocycles. The van der Waals surface area contributed by atoms with E-state index in [0.29, 0.717) is 24.3 Å². The predicted octanol–water partition coefficient (Wildman–Crippen LogP) is 1.28. The summed E-state index contributed by atoms with van der Waals surface area (Å²) in [7, 11) is 0. The van der Waals surface area contributed by atoms with Crippen LogP contribution in [0.5, 0.6) is 0 Å². The zero-order chi connectivity index (χ0) is 17.2. The number of hydrogen-bond donors (Lipinski definition) is 3. The third kappa shape index (κ3) is 6.17. The summed E-state index contributed by atoms with van der Waals surface area (Å²) in [4.78, 5) is 25.8. The number of morpholine rings is 1. The highest BCUT2D eigenvalue weighted by atomic mass is 16.5. The van der Waals surface area contributed by atoms with Gasteiger partial charge in [0.15, 0.2) is 0 Å². The SMILES string of the molecule is CCNC(=O)c1ccc(NC(=O)NCCCN2CCOCC2)cc1. The molecule has 0 unspecified atom stereocenters. The van der Waals surface area contributed by atoms with Gasteiger partial charge in [0.2, 0.25) is 0 Å². The lowest BCUT2D eigenvalue weighted by Crippen LogP contribution is -2.38. The minimum absolute atomic E-state index is 0.114. The van der Waals surface area contributed by atoms with Crippen LogP contribution in [-0.4, -0.2) is 62.8 Å². The van der Waals surface area contributed by atoms with Crippen LogP contribution in [0.2, 0.25) is 0 Å². The van der Waals surface area contributed by atoms with Crippen LogP contribution >= 0.6 is 0 Å². The van der Waals surface area contributed by atoms with Gasteiger partial charge in [0.05, 0.1) is 13.2 Å². The molecule has 0 aromatic heterocycles. The fraction of sp³-hybridized carbons (Fsp3) is 0.529. The van der Waals surface area contributed by atoms with E-state index < -0.39 is 0 Å². The monoisotopic (exact) mass is 334 g/mol. The second-order valence-electron chi connectivity index (χ2n) is 5.63. The highest BCUT2D eigenvalue weighted by Crippen LogP contribution is 2.09. The highest BCUT2D eigenvalue weighted by molar-refractivity contribution is 5.95. The molecule has 7 nitrogen and oxygen atoms in total. The number of ether oxygens (including phenoxy) is 1. The van der Waals surface area contributed by atoms with E-state index in [-0.39, 0.29) is 11.9 Å². The minimum Gasteiger partial charge on any atom is -0.379 e. The van der Waals surface area contributed by atoms with Gasteiger partial charge in [-0.2, -0.15) is 0 Å². The molecule has 0 atom stereocenters. The molecule has 3 amide bonds. The Kier molecular flexibility index (Phi) is 7.51. The number of rotatable bonds is 7. The van der Waals surface area contributed by atoms with Crippen molar-refractivity contribution in [3.63, 3.8) is 0 Å². The Labute approximate surface area is 142 Å². The second-order valence-corrected chi connectivity index (χ2v) is 5.63. The van der Waals surface area contributed by atoms with E-state index >= 15 is 0 Å². The fourth-order valence-electron chi connectivity index (χ4n) is 2.47. The number of carbonyl (C=O) groups is 2. The Bertz CT molecular complexity index is 527. The molecule has 3 N–H and O–H groups in total. The largest absolute Gasteiger partial charge is 0.379 e. The maximum Gasteiger partial charge on any atom is 0.319 e. The summed E-state index contributed by atoms with van der Waals surface area (Å²) in [5.41, 5.74) is 1.24. The van der Waals surface area contributed by atoms with Crippen molar-refractivity contribution in [2.24, 2.45) is 0 Å². The summed E-state index contributed by atoms with van der Waals surface area (Å²) in [6, 6.07) is 6.59. The van der Waals surface area contributed by atoms with Gasteiger partial charge < -0.3 is 20.7 Å². The molecule has 0 saturated carbocycles. The van der Waals surface area contributed by atoms with Crippen LogP contribution in [0.4, 0.5) is 10.5 Å². The van der Waals surface area contributed by atoms with E-state index in [2.05, 4.69) is 20.9 Å². The van der Waals surface area contributed by atoms with Gasteiger partial charge in [-0.1, -0.05) is 0 Å². The standard InChI is InChI=1S/C17H26N4O3/c1-2-18-16(22)14-4-6-15(7-5-14)20-17(23)19-8-3-9-21-10-12-24-13-11-21/h4-7H,2-3,8-13H2,1H3,(H,18,22)(H2,19,20,23). The molecule has 0 bridgehead atoms. The summed E-state index contributed by atoms with van der Waals surface area (Å²) in [5, 5.41) is 8.34. The molecule has 24 heavy (non-hydrogen) atoms. The quantitative estimate of drug-likeness (QED) is 0.656. The Balaban J connectivity index is 1.65. The predicted molar refractivity (Wildman–Crippen MR) is 93.3 cm³/mol. The first kappa shape index (κ1) is 18.2. The van der Waals surface area contributed by atoms with Gasteiger partial charge in [0.1, 0.15) is 0 Å². The van der Waals surface area contributed by atoms with Crippen molar-refractivity contribution >= 4 is 17.6 Å². The van der Waals surface area contributed by atoms with Crippen LogP contribution in [0.3, 0.4) is 0 Å². The van der Waals surface area contributed by atoms with Gasteiger partial charge in [-0.25, -0.2) is 4.79 Å². The number of amides is 3. The van der Waals surface area contributed by atoms with E-state index in [4.69, 9.17) is 4.74 Å². The van der Waals surface area contributed by atoms with Crippen LogP contribution in [0.25, 0.3) is 0 Å². The third-order valence-electron chi connectivity index (χ3n) is 3.78. The second kappa shape index (κ2) is 9.89. The zero-order valence-electron chi connectivity index (χ0n) is 14.1. The van der Waals surface area contributed by atoms with Crippen LogP contribution in [0.15, 0.2) is 24.3 Å². The van der Waals surface area contributed by atoms with Crippen molar-refractivity contribution in [3.05, 3.63) is 29.8 Å². The Morgan fingerprint density at radius 2 is 1.83 bits per heavy atom. The lowest BCUT2D eigenvalue weighted by Gasteiger charge is -2.26. The molecule has 0 spiro atoms. The summed E-state index contributed by atoms with van der Waals surface area (Å²) in [5.74, 6) is -0.114. The number of nitrogens with zero attached hydrogens (tertiary/aromatic N) is 1. The molecule has 132 valence electrons. The molecule has 1 aromatic rings. The number of benzene rings is 1. The van der Waals surface area contributed by atoms with Crippen LogP contribution < -0.4 is 16.0 Å². The van der Waals surface area contributed by atoms with E-state index in [0.717, 1.165) is 39.3 Å². The molecule has 1 aromatic carbocycles. The number of hydrogen-bond acceptors (Lipinski definition) is 4. The van der Waals surface area contributed by atoms with Gasteiger partial charge >= 0.3 is 6.03 Å². The zero-order valence-corrected chi connectivity index (χ0v) is 14.1. The number of urea groups is 1. The van der Waals surface area contributed by atoms with Crippen LogP contribution in [-0.2, 0) is 4.74 Å². The number of anilines is 1. The first-order chi connectivity index (χ1) is 11.7. The third-order valence-corrected chi connectivity index (χ3v) is 3.78. The average molecular weight is 334 g/mol. The van der Waals surface area contributed by atoms with Gasteiger partial charge in [-0.15, -0.1) is 0 Å². The van der Waals surface area contributed by atoms with Gasteiger partial charge in [-0.3, -0.25) is 9.69 Å². The molecule has 7 heteroatoms. The van der Waals surface area contributed by atoms with Crippen LogP contribution in [0, 0.1) is 0 Å². The summed E-state index contributed by atoms with van der Waals surface area (Å²) in [6.07, 6.45) is 0.906. The molecule has 1 aliphatic rings. The Morgan fingerprint density at radius 3 is 2.50 bits per heavy atom. The van der Waals surface area contributed by atoms with Crippen molar-refractivity contribution in [2.45, 2.75) is 13.3 Å². The maximum atomic E-state index is 11.8. The van der Waals surface area contributed by atoms with E-state index in [1.54, 1.807) is 24.3 Å². The number of carbonyl (C=O) groups excluding carboxylic acids is 2. The van der Waals surface area contributed by atoms with Crippen molar-refractivity contribution in [1.29, 1.82) is 0 Å². The summed E-state index contributed by atoms with van der Waals surface area (Å²) in [6.45, 7) is 7.56. The van der Waals surface area contributed by atoms with Gasteiger partial charge in [0.25, 0.3) is 5.91 Å². The first-order valence-corrected chi connectivity index (χ1v) is 8.42. The van der Waals surface area contributed by atoms with E-state index in [1.165, 1.54) is 0 Å². The molecule has 0 radical (unpaired) electrons. The van der Waals surface area contributed by atoms with Crippen molar-refractivity contribution in [3.8, 4) is 0 Å². The Hall–Kier alpha value is -2.12. The highest BCUT2D eigenvalue weighted by Gasteiger charge is 2.09. The summed E-state index contributed by atoms with van der Waals surface area (Å²) < 4.78 is 5.30. The maximum absolute atomic E-state index is 11.8. The van der Waals surface area contributed by atoms with Gasteiger partial charge in [0, 0.05) is 37.4 Å². The molecular formula is C17H26N4O3. The van der Waals surface area contributed by atoms with Gasteiger partial charge in [-0.05, 0) is 44.2 Å². The van der Waals surface area contributed by atoms with E-state index in [9.17, 15) is 9.59 Å². The smallest absolute Gasteiger partial charge is 0.319 e. The number of nitrogens with one attached hydrogen (secondary N) is 3. The molecule has 1 fully saturated rings. The molecular weight excluding hydrogens is 308 g/mol. The van der Waals surface area contributed by atoms with Crippen LogP contribution in [0.1, 0.15) is 23.7 Å². The molecule has 1 heterocycles. The molecule has 2 rings (SSSR count). The van der Waals surface area contributed by atoms with Crippen molar-refractivity contribution < 1.29 is 14.3 Å². The lowest BCUT2D eigenvalue weighted by atomic mass is 10.2. The first-order valence-electron chi connectivity index (χ1n) is 8.42. The summed E-state index contributed by atoms with van der Waals surface area (Å²) >= 11 is 0.